The van der Waals surface area contributed by atoms with Crippen LogP contribution in [0.15, 0.2) is 18.2 Å². The van der Waals surface area contributed by atoms with Gasteiger partial charge in [0.05, 0.1) is 5.41 Å². The molecule has 1 N–H and O–H groups in total. The molecule has 1 aliphatic heterocycles. The fourth-order valence-corrected chi connectivity index (χ4v) is 2.38. The first-order valence-electron chi connectivity index (χ1n) is 5.39. The van der Waals surface area contributed by atoms with E-state index in [9.17, 15) is 4.79 Å². The summed E-state index contributed by atoms with van der Waals surface area (Å²) < 4.78 is 0. The molecule has 0 saturated heterocycles. The first kappa shape index (κ1) is 10.2. The van der Waals surface area contributed by atoms with Crippen LogP contribution in [0.2, 0.25) is 0 Å². The van der Waals surface area contributed by atoms with Crippen molar-refractivity contribution in [1.29, 1.82) is 0 Å². The van der Waals surface area contributed by atoms with Crippen molar-refractivity contribution >= 4 is 11.6 Å². The van der Waals surface area contributed by atoms with Gasteiger partial charge in [0, 0.05) is 5.69 Å². The molecular weight excluding hydrogens is 186 g/mol. The maximum Gasteiger partial charge on any atom is 0.235 e. The van der Waals surface area contributed by atoms with Gasteiger partial charge < -0.3 is 5.32 Å². The molecule has 0 fully saturated rings. The first-order valence-corrected chi connectivity index (χ1v) is 5.39. The van der Waals surface area contributed by atoms with E-state index < -0.39 is 0 Å². The van der Waals surface area contributed by atoms with Crippen LogP contribution in [0.3, 0.4) is 0 Å². The summed E-state index contributed by atoms with van der Waals surface area (Å²) in [5, 5.41) is 2.97. The summed E-state index contributed by atoms with van der Waals surface area (Å²) in [5.41, 5.74) is 2.98. The van der Waals surface area contributed by atoms with E-state index >= 15 is 0 Å². The van der Waals surface area contributed by atoms with Crippen molar-refractivity contribution in [1.82, 2.24) is 0 Å². The number of fused-ring (bicyclic) bond motifs is 1. The highest BCUT2D eigenvalue weighted by Crippen LogP contribution is 2.44. The molecule has 1 aromatic rings. The normalized spacial score (nSPS) is 24.2. The Labute approximate surface area is 90.7 Å². The Hall–Kier alpha value is -1.31. The van der Waals surface area contributed by atoms with Gasteiger partial charge in [-0.2, -0.15) is 0 Å². The Bertz CT molecular complexity index is 423. The van der Waals surface area contributed by atoms with Crippen LogP contribution in [0.5, 0.6) is 0 Å². The third-order valence-electron chi connectivity index (χ3n) is 3.67. The van der Waals surface area contributed by atoms with Crippen LogP contribution >= 0.6 is 0 Å². The third-order valence-corrected chi connectivity index (χ3v) is 3.67. The summed E-state index contributed by atoms with van der Waals surface area (Å²) in [6, 6.07) is 6.04. The fourth-order valence-electron chi connectivity index (χ4n) is 2.38. The maximum absolute atomic E-state index is 12.0. The van der Waals surface area contributed by atoms with Gasteiger partial charge in [-0.1, -0.05) is 26.0 Å². The molecule has 1 atom stereocenters. The monoisotopic (exact) mass is 203 g/mol. The number of carbonyl (C=O) groups is 1. The predicted molar refractivity (Wildman–Crippen MR) is 62.0 cm³/mol. The minimum Gasteiger partial charge on any atom is -0.325 e. The van der Waals surface area contributed by atoms with E-state index in [0.29, 0.717) is 5.92 Å². The second-order valence-corrected chi connectivity index (χ2v) is 4.81. The summed E-state index contributed by atoms with van der Waals surface area (Å²) in [6.45, 7) is 8.30. The van der Waals surface area contributed by atoms with Gasteiger partial charge in [0.25, 0.3) is 0 Å². The Morgan fingerprint density at radius 3 is 2.60 bits per heavy atom. The number of aryl methyl sites for hydroxylation is 1. The zero-order valence-electron chi connectivity index (χ0n) is 9.72. The van der Waals surface area contributed by atoms with Gasteiger partial charge in [0.15, 0.2) is 0 Å². The van der Waals surface area contributed by atoms with Crippen molar-refractivity contribution in [2.45, 2.75) is 33.1 Å². The second-order valence-electron chi connectivity index (χ2n) is 4.81. The van der Waals surface area contributed by atoms with Crippen molar-refractivity contribution < 1.29 is 4.79 Å². The standard InChI is InChI=1S/C13H17NO/c1-8(2)13(4)11-9(3)6-5-7-10(11)14-12(13)15/h5-8H,1-4H3,(H,14,15). The average molecular weight is 203 g/mol. The molecule has 2 heteroatoms. The zero-order chi connectivity index (χ0) is 11.2. The molecule has 2 rings (SSSR count). The van der Waals surface area contributed by atoms with E-state index in [-0.39, 0.29) is 11.3 Å². The number of carbonyl (C=O) groups excluding carboxylic acids is 1. The van der Waals surface area contributed by atoms with Gasteiger partial charge in [0.1, 0.15) is 0 Å². The quantitative estimate of drug-likeness (QED) is 0.747. The van der Waals surface area contributed by atoms with Gasteiger partial charge in [-0.25, -0.2) is 0 Å². The SMILES string of the molecule is Cc1cccc2c1C(C)(C(C)C)C(=O)N2. The van der Waals surface area contributed by atoms with Crippen molar-refractivity contribution in [2.24, 2.45) is 5.92 Å². The molecule has 0 aromatic heterocycles. The van der Waals surface area contributed by atoms with Gasteiger partial charge in [-0.05, 0) is 37.0 Å². The largest absolute Gasteiger partial charge is 0.325 e. The van der Waals surface area contributed by atoms with E-state index in [4.69, 9.17) is 0 Å². The summed E-state index contributed by atoms with van der Waals surface area (Å²) in [5.74, 6) is 0.432. The van der Waals surface area contributed by atoms with Crippen LogP contribution in [-0.2, 0) is 10.2 Å². The fraction of sp³-hybridized carbons (Fsp3) is 0.462. The molecule has 2 nitrogen and oxygen atoms in total. The van der Waals surface area contributed by atoms with E-state index in [1.807, 2.05) is 19.1 Å². The van der Waals surface area contributed by atoms with Gasteiger partial charge >= 0.3 is 0 Å². The van der Waals surface area contributed by atoms with Crippen LogP contribution in [0, 0.1) is 12.8 Å². The molecular formula is C13H17NO. The number of rotatable bonds is 1. The third kappa shape index (κ3) is 1.21. The number of hydrogen-bond acceptors (Lipinski definition) is 1. The second kappa shape index (κ2) is 3.09. The lowest BCUT2D eigenvalue weighted by Crippen LogP contribution is -2.36. The van der Waals surface area contributed by atoms with Crippen molar-refractivity contribution in [2.75, 3.05) is 5.32 Å². The molecule has 1 aliphatic rings. The van der Waals surface area contributed by atoms with E-state index in [1.54, 1.807) is 0 Å². The molecule has 0 bridgehead atoms. The van der Waals surface area contributed by atoms with Crippen LogP contribution in [-0.4, -0.2) is 5.91 Å². The number of anilines is 1. The lowest BCUT2D eigenvalue weighted by atomic mass is 9.73. The highest BCUT2D eigenvalue weighted by Gasteiger charge is 2.45. The molecule has 80 valence electrons. The van der Waals surface area contributed by atoms with Crippen molar-refractivity contribution in [3.05, 3.63) is 29.3 Å². The maximum atomic E-state index is 12.0. The zero-order valence-corrected chi connectivity index (χ0v) is 9.72. The number of amides is 1. The van der Waals surface area contributed by atoms with E-state index in [1.165, 1.54) is 11.1 Å². The highest BCUT2D eigenvalue weighted by molar-refractivity contribution is 6.06. The molecule has 1 aromatic carbocycles. The molecule has 1 unspecified atom stereocenters. The molecule has 15 heavy (non-hydrogen) atoms. The predicted octanol–water partition coefficient (Wildman–Crippen LogP) is 2.86. The van der Waals surface area contributed by atoms with Gasteiger partial charge in [-0.15, -0.1) is 0 Å². The lowest BCUT2D eigenvalue weighted by molar-refractivity contribution is -0.121. The average Bonchev–Trinajstić information content (AvgIpc) is 2.41. The molecule has 0 spiro atoms. The molecule has 1 heterocycles. The van der Waals surface area contributed by atoms with Crippen molar-refractivity contribution in [3.63, 3.8) is 0 Å². The number of hydrogen-bond donors (Lipinski definition) is 1. The van der Waals surface area contributed by atoms with Crippen LogP contribution in [0.25, 0.3) is 0 Å². The molecule has 0 saturated carbocycles. The minimum atomic E-state index is -0.374. The Kier molecular flexibility index (Phi) is 2.10. The number of benzene rings is 1. The Morgan fingerprint density at radius 1 is 1.33 bits per heavy atom. The molecule has 0 radical (unpaired) electrons. The summed E-state index contributed by atoms with van der Waals surface area (Å²) in [7, 11) is 0. The van der Waals surface area contributed by atoms with E-state index in [0.717, 1.165) is 5.69 Å². The summed E-state index contributed by atoms with van der Waals surface area (Å²) in [4.78, 5) is 12.0. The van der Waals surface area contributed by atoms with Crippen molar-refractivity contribution in [3.8, 4) is 0 Å². The van der Waals surface area contributed by atoms with Gasteiger partial charge in [0.2, 0.25) is 5.91 Å². The molecule has 1 amide bonds. The molecule has 0 aliphatic carbocycles. The summed E-state index contributed by atoms with van der Waals surface area (Å²) in [6.07, 6.45) is 0. The first-order chi connectivity index (χ1) is 6.98. The van der Waals surface area contributed by atoms with E-state index in [2.05, 4.69) is 32.2 Å². The minimum absolute atomic E-state index is 0.127. The van der Waals surface area contributed by atoms with Gasteiger partial charge in [-0.3, -0.25) is 4.79 Å². The van der Waals surface area contributed by atoms with Crippen LogP contribution < -0.4 is 5.32 Å². The van der Waals surface area contributed by atoms with Crippen LogP contribution in [0.4, 0.5) is 5.69 Å². The summed E-state index contributed by atoms with van der Waals surface area (Å²) >= 11 is 0. The Balaban J connectivity index is 2.68. The smallest absolute Gasteiger partial charge is 0.235 e. The highest BCUT2D eigenvalue weighted by atomic mass is 16.2. The Morgan fingerprint density at radius 2 is 2.00 bits per heavy atom. The lowest BCUT2D eigenvalue weighted by Gasteiger charge is -2.28. The topological polar surface area (TPSA) is 29.1 Å². The number of nitrogens with one attached hydrogen (secondary N) is 1. The van der Waals surface area contributed by atoms with Crippen LogP contribution in [0.1, 0.15) is 31.9 Å².